The number of nitrogens with zero attached hydrogens (tertiary/aromatic N) is 1. The molecule has 0 saturated carbocycles. The molecule has 0 radical (unpaired) electrons. The highest BCUT2D eigenvalue weighted by molar-refractivity contribution is 6.00. The summed E-state index contributed by atoms with van der Waals surface area (Å²) in [5, 5.41) is 2.64. The first-order chi connectivity index (χ1) is 16.0. The molecular weight excluding hydrogens is 427 g/mol. The van der Waals surface area contributed by atoms with Crippen molar-refractivity contribution in [1.29, 1.82) is 0 Å². The van der Waals surface area contributed by atoms with Crippen LogP contribution in [-0.4, -0.2) is 30.9 Å². The van der Waals surface area contributed by atoms with Gasteiger partial charge in [-0.25, -0.2) is 4.39 Å². The molecule has 1 saturated heterocycles. The fraction of sp³-hybridized carbons (Fsp3) is 0.160. The molecule has 3 aromatic carbocycles. The van der Waals surface area contributed by atoms with Gasteiger partial charge in [0, 0.05) is 24.3 Å². The number of nitrogens with one attached hydrogen (secondary N) is 1. The lowest BCUT2D eigenvalue weighted by molar-refractivity contribution is -0.151. The highest BCUT2D eigenvalue weighted by atomic mass is 19.1. The summed E-state index contributed by atoms with van der Waals surface area (Å²) < 4.78 is 23.9. The predicted molar refractivity (Wildman–Crippen MR) is 119 cm³/mol. The van der Waals surface area contributed by atoms with E-state index in [-0.39, 0.29) is 18.9 Å². The molecule has 4 rings (SSSR count). The molecule has 2 amide bonds. The molecule has 3 aromatic rings. The maximum atomic E-state index is 13.1. The van der Waals surface area contributed by atoms with Crippen LogP contribution in [-0.2, 0) is 19.1 Å². The van der Waals surface area contributed by atoms with Gasteiger partial charge < -0.3 is 19.7 Å². The largest absolute Gasteiger partial charge is 0.457 e. The van der Waals surface area contributed by atoms with E-state index in [1.807, 2.05) is 30.3 Å². The molecule has 1 N–H and O–H groups in total. The number of benzene rings is 3. The molecule has 0 aliphatic carbocycles. The maximum absolute atomic E-state index is 13.1. The van der Waals surface area contributed by atoms with Crippen LogP contribution in [0.3, 0.4) is 0 Å². The topological polar surface area (TPSA) is 84.9 Å². The van der Waals surface area contributed by atoms with Crippen LogP contribution >= 0.6 is 0 Å². The van der Waals surface area contributed by atoms with E-state index in [0.717, 1.165) is 0 Å². The van der Waals surface area contributed by atoms with Crippen molar-refractivity contribution < 1.29 is 28.2 Å². The number of rotatable bonds is 7. The number of amides is 2. The van der Waals surface area contributed by atoms with Crippen molar-refractivity contribution in [3.05, 3.63) is 84.7 Å². The second-order valence-electron chi connectivity index (χ2n) is 7.48. The van der Waals surface area contributed by atoms with Gasteiger partial charge in [-0.1, -0.05) is 18.2 Å². The van der Waals surface area contributed by atoms with Crippen molar-refractivity contribution in [3.8, 4) is 11.5 Å². The number of para-hydroxylation sites is 1. The molecule has 1 atom stereocenters. The molecule has 1 aliphatic rings. The lowest BCUT2D eigenvalue weighted by Gasteiger charge is -2.16. The van der Waals surface area contributed by atoms with Gasteiger partial charge in [0.15, 0.2) is 6.61 Å². The third-order valence-corrected chi connectivity index (χ3v) is 5.06. The summed E-state index contributed by atoms with van der Waals surface area (Å²) >= 11 is 0. The summed E-state index contributed by atoms with van der Waals surface area (Å²) in [5.41, 5.74) is 1.03. The Balaban J connectivity index is 1.24. The summed E-state index contributed by atoms with van der Waals surface area (Å²) in [4.78, 5) is 38.1. The quantitative estimate of drug-likeness (QED) is 0.549. The third-order valence-electron chi connectivity index (χ3n) is 5.06. The number of carbonyl (C=O) groups excluding carboxylic acids is 3. The van der Waals surface area contributed by atoms with Crippen molar-refractivity contribution in [2.45, 2.75) is 6.42 Å². The molecule has 168 valence electrons. The van der Waals surface area contributed by atoms with Gasteiger partial charge in [0.1, 0.15) is 17.3 Å². The third kappa shape index (κ3) is 5.74. The van der Waals surface area contributed by atoms with E-state index in [9.17, 15) is 18.8 Å². The Hall–Kier alpha value is -4.20. The summed E-state index contributed by atoms with van der Waals surface area (Å²) in [6.07, 6.45) is -0.0271. The van der Waals surface area contributed by atoms with Crippen molar-refractivity contribution in [2.24, 2.45) is 5.92 Å². The van der Waals surface area contributed by atoms with Crippen molar-refractivity contribution in [3.63, 3.8) is 0 Å². The van der Waals surface area contributed by atoms with Crippen LogP contribution in [0, 0.1) is 11.7 Å². The lowest BCUT2D eigenvalue weighted by Crippen LogP contribution is -2.28. The van der Waals surface area contributed by atoms with E-state index in [2.05, 4.69) is 5.32 Å². The molecule has 0 aromatic heterocycles. The second-order valence-corrected chi connectivity index (χ2v) is 7.48. The molecule has 33 heavy (non-hydrogen) atoms. The van der Waals surface area contributed by atoms with Gasteiger partial charge in [-0.05, 0) is 60.7 Å². The van der Waals surface area contributed by atoms with Crippen LogP contribution < -0.4 is 15.0 Å². The number of ether oxygens (including phenoxy) is 2. The van der Waals surface area contributed by atoms with Gasteiger partial charge in [-0.2, -0.15) is 0 Å². The van der Waals surface area contributed by atoms with Crippen LogP contribution in [0.25, 0.3) is 0 Å². The van der Waals surface area contributed by atoms with E-state index in [1.54, 1.807) is 24.3 Å². The monoisotopic (exact) mass is 448 g/mol. The van der Waals surface area contributed by atoms with Gasteiger partial charge >= 0.3 is 5.97 Å². The Morgan fingerprint density at radius 3 is 2.30 bits per heavy atom. The van der Waals surface area contributed by atoms with Crippen molar-refractivity contribution >= 4 is 29.2 Å². The van der Waals surface area contributed by atoms with E-state index in [4.69, 9.17) is 9.47 Å². The van der Waals surface area contributed by atoms with Gasteiger partial charge in [-0.15, -0.1) is 0 Å². The Morgan fingerprint density at radius 1 is 0.939 bits per heavy atom. The van der Waals surface area contributed by atoms with Gasteiger partial charge in [0.25, 0.3) is 5.91 Å². The highest BCUT2D eigenvalue weighted by Gasteiger charge is 2.36. The summed E-state index contributed by atoms with van der Waals surface area (Å²) in [7, 11) is 0. The molecular formula is C25H21FN2O5. The lowest BCUT2D eigenvalue weighted by atomic mass is 10.1. The van der Waals surface area contributed by atoms with E-state index >= 15 is 0 Å². The van der Waals surface area contributed by atoms with Crippen molar-refractivity contribution in [2.75, 3.05) is 23.4 Å². The number of halogens is 1. The van der Waals surface area contributed by atoms with E-state index in [1.165, 1.54) is 29.2 Å². The van der Waals surface area contributed by atoms with Crippen LogP contribution in [0.15, 0.2) is 78.9 Å². The Bertz CT molecular complexity index is 1130. The Kier molecular flexibility index (Phi) is 6.64. The Labute approximate surface area is 189 Å². The zero-order chi connectivity index (χ0) is 23.2. The minimum absolute atomic E-state index is 0.0271. The molecule has 8 heteroatoms. The second kappa shape index (κ2) is 9.95. The van der Waals surface area contributed by atoms with E-state index in [0.29, 0.717) is 22.9 Å². The zero-order valence-corrected chi connectivity index (χ0v) is 17.6. The SMILES string of the molecule is O=C(COC(=O)[C@H]1CC(=O)N(c2ccc(F)cc2)C1)Nc1ccc(Oc2ccccc2)cc1. The van der Waals surface area contributed by atoms with Crippen LogP contribution in [0.1, 0.15) is 6.42 Å². The van der Waals surface area contributed by atoms with Gasteiger partial charge in [0.05, 0.1) is 5.92 Å². The number of hydrogen-bond acceptors (Lipinski definition) is 5. The fourth-order valence-corrected chi connectivity index (χ4v) is 3.42. The van der Waals surface area contributed by atoms with Gasteiger partial charge in [0.2, 0.25) is 5.91 Å². The average Bonchev–Trinajstić information content (AvgIpc) is 3.21. The number of esters is 1. The highest BCUT2D eigenvalue weighted by Crippen LogP contribution is 2.26. The molecule has 1 fully saturated rings. The molecule has 1 aliphatic heterocycles. The standard InChI is InChI=1S/C25H21FN2O5/c26-18-6-10-20(11-7-18)28-15-17(14-24(28)30)25(31)32-16-23(29)27-19-8-12-22(13-9-19)33-21-4-2-1-3-5-21/h1-13,17H,14-16H2,(H,27,29)/t17-/m0/s1. The van der Waals surface area contributed by atoms with Crippen LogP contribution in [0.4, 0.5) is 15.8 Å². The summed E-state index contributed by atoms with van der Waals surface area (Å²) in [5.74, 6) is -1.18. The van der Waals surface area contributed by atoms with Crippen LogP contribution in [0.2, 0.25) is 0 Å². The predicted octanol–water partition coefficient (Wildman–Crippen LogP) is 4.15. The molecule has 1 heterocycles. The first kappa shape index (κ1) is 22.0. The average molecular weight is 448 g/mol. The minimum atomic E-state index is -0.690. The molecule has 7 nitrogen and oxygen atoms in total. The molecule has 0 bridgehead atoms. The van der Waals surface area contributed by atoms with E-state index < -0.39 is 30.2 Å². The molecule has 0 spiro atoms. The summed E-state index contributed by atoms with van der Waals surface area (Å²) in [6, 6.07) is 21.5. The number of anilines is 2. The van der Waals surface area contributed by atoms with Gasteiger partial charge in [-0.3, -0.25) is 14.4 Å². The summed E-state index contributed by atoms with van der Waals surface area (Å²) in [6.45, 7) is -0.351. The minimum Gasteiger partial charge on any atom is -0.457 e. The number of hydrogen-bond donors (Lipinski definition) is 1. The number of carbonyl (C=O) groups is 3. The smallest absolute Gasteiger partial charge is 0.311 e. The maximum Gasteiger partial charge on any atom is 0.311 e. The molecule has 0 unspecified atom stereocenters. The first-order valence-corrected chi connectivity index (χ1v) is 10.3. The normalized spacial score (nSPS) is 15.2. The Morgan fingerprint density at radius 2 is 1.61 bits per heavy atom. The fourth-order valence-electron chi connectivity index (χ4n) is 3.42. The van der Waals surface area contributed by atoms with Crippen LogP contribution in [0.5, 0.6) is 11.5 Å². The first-order valence-electron chi connectivity index (χ1n) is 10.3. The van der Waals surface area contributed by atoms with Crippen molar-refractivity contribution in [1.82, 2.24) is 0 Å². The zero-order valence-electron chi connectivity index (χ0n) is 17.6.